The molecular formula is C19H30B2N4O4Si. The lowest BCUT2D eigenvalue weighted by Crippen LogP contribution is -2.46. The maximum Gasteiger partial charge on any atom is 0.272 e. The monoisotopic (exact) mass is 430 g/mol. The molecule has 0 bridgehead atoms. The minimum Gasteiger partial charge on any atom is -0.437 e. The normalized spacial score (nSPS) is 27.4. The molecule has 0 radical (unpaired) electrons. The van der Waals surface area contributed by atoms with Gasteiger partial charge < -0.3 is 29.5 Å². The van der Waals surface area contributed by atoms with Gasteiger partial charge in [0, 0.05) is 8.87 Å². The molecule has 11 heteroatoms. The summed E-state index contributed by atoms with van der Waals surface area (Å²) >= 11 is 0. The van der Waals surface area contributed by atoms with E-state index < -0.39 is 47.0 Å². The molecule has 3 heterocycles. The highest BCUT2D eigenvalue weighted by molar-refractivity contribution is 6.83. The molecule has 0 amide bonds. The molecule has 1 fully saturated rings. The highest BCUT2D eigenvalue weighted by atomic mass is 28.3. The van der Waals surface area contributed by atoms with E-state index in [4.69, 9.17) is 22.5 Å². The van der Waals surface area contributed by atoms with Gasteiger partial charge in [0.2, 0.25) is 0 Å². The number of hydrogen-bond acceptors (Lipinski definition) is 7. The van der Waals surface area contributed by atoms with E-state index in [2.05, 4.69) is 41.1 Å². The van der Waals surface area contributed by atoms with Gasteiger partial charge in [0.1, 0.15) is 43.7 Å². The van der Waals surface area contributed by atoms with Crippen LogP contribution in [-0.4, -0.2) is 69.7 Å². The highest BCUT2D eigenvalue weighted by Crippen LogP contribution is 2.42. The van der Waals surface area contributed by atoms with Gasteiger partial charge in [-0.3, -0.25) is 0 Å². The first-order chi connectivity index (χ1) is 14.8. The van der Waals surface area contributed by atoms with Gasteiger partial charge in [0.15, 0.2) is 6.23 Å². The van der Waals surface area contributed by atoms with E-state index in [0.29, 0.717) is 22.4 Å². The largest absolute Gasteiger partial charge is 0.437 e. The molecule has 2 aromatic heterocycles. The minimum atomic E-state index is -1.66. The highest BCUT2D eigenvalue weighted by Gasteiger charge is 2.54. The molecule has 1 aliphatic heterocycles. The van der Waals surface area contributed by atoms with Crippen molar-refractivity contribution in [1.29, 1.82) is 2.67 Å². The van der Waals surface area contributed by atoms with Gasteiger partial charge >= 0.3 is 0 Å². The summed E-state index contributed by atoms with van der Waals surface area (Å²) in [7, 11) is -3.32. The Labute approximate surface area is 182 Å². The first-order valence-electron chi connectivity index (χ1n) is 11.1. The molecule has 0 spiro atoms. The Bertz CT molecular complexity index is 1040. The zero-order valence-electron chi connectivity index (χ0n) is 20.3. The zero-order valence-corrected chi connectivity index (χ0v) is 19.3. The van der Waals surface area contributed by atoms with Crippen LogP contribution in [0.15, 0.2) is 12.5 Å². The number of nitrogens with zero attached hydrogens (tertiary/aromatic N) is 3. The van der Waals surface area contributed by atoms with Crippen LogP contribution in [0, 0.1) is 11.5 Å². The summed E-state index contributed by atoms with van der Waals surface area (Å²) in [4.78, 5) is 8.50. The van der Waals surface area contributed by atoms with Crippen LogP contribution in [0.25, 0.3) is 11.0 Å². The van der Waals surface area contributed by atoms with Crippen molar-refractivity contribution in [2.24, 2.45) is 0 Å². The van der Waals surface area contributed by atoms with Gasteiger partial charge in [-0.25, -0.2) is 9.97 Å². The standard InChI is InChI=1S/C19H30B2N4O4Si/c1-19(26)15(29-21-3)13(10-27-20-2)28-18(19)25-9-12(7-8-30(4,5)6)14-16(22)23-11-24-17(14)25/h9,11,13,15,18,20-21,26H,10H2,1-6H3,(H2,22,23,24)/t13-,15-,18?,19-/m1/s1/i20D,21D. The third-order valence-electron chi connectivity index (χ3n) is 4.89. The molecule has 8 nitrogen and oxygen atoms in total. The van der Waals surface area contributed by atoms with Crippen molar-refractivity contribution < 1.29 is 19.2 Å². The number of anilines is 1. The Kier molecular flexibility index (Phi) is 5.84. The first-order valence-corrected chi connectivity index (χ1v) is 13.4. The third kappa shape index (κ3) is 4.43. The fourth-order valence-electron chi connectivity index (χ4n) is 3.57. The van der Waals surface area contributed by atoms with E-state index in [0.717, 1.165) is 0 Å². The molecule has 0 aliphatic carbocycles. The Hall–Kier alpha value is -1.83. The lowest BCUT2D eigenvalue weighted by molar-refractivity contribution is -0.0915. The number of ether oxygens (including phenoxy) is 1. The lowest BCUT2D eigenvalue weighted by Gasteiger charge is -2.30. The molecule has 0 saturated carbocycles. The van der Waals surface area contributed by atoms with Crippen LogP contribution in [0.4, 0.5) is 5.82 Å². The SMILES string of the molecule is [2H]B(C)OC[C@H]1OC(n2cc(C#C[Si](C)(C)C)c3c(N)ncnc32)[C@](C)(O)[C@@H]1OB([2H])C. The summed E-state index contributed by atoms with van der Waals surface area (Å²) in [5.74, 6) is 3.51. The van der Waals surface area contributed by atoms with Crippen LogP contribution in [0.1, 0.15) is 18.7 Å². The van der Waals surface area contributed by atoms with Gasteiger partial charge in [-0.05, 0) is 6.92 Å². The topological polar surface area (TPSA) is 105 Å². The average Bonchev–Trinajstić information content (AvgIpc) is 3.14. The van der Waals surface area contributed by atoms with Crippen molar-refractivity contribution in [2.45, 2.75) is 64.2 Å². The molecule has 1 saturated heterocycles. The predicted molar refractivity (Wildman–Crippen MR) is 124 cm³/mol. The lowest BCUT2D eigenvalue weighted by atomic mass is 9.93. The Morgan fingerprint density at radius 2 is 2.13 bits per heavy atom. The summed E-state index contributed by atoms with van der Waals surface area (Å²) < 4.78 is 34.5. The molecule has 1 aliphatic rings. The van der Waals surface area contributed by atoms with E-state index in [1.165, 1.54) is 6.33 Å². The number of hydrogen-bond donors (Lipinski definition) is 2. The van der Waals surface area contributed by atoms with Gasteiger partial charge in [-0.15, -0.1) is 5.54 Å². The van der Waals surface area contributed by atoms with Crippen molar-refractivity contribution in [2.75, 3.05) is 12.3 Å². The van der Waals surface area contributed by atoms with Crippen LogP contribution in [0.3, 0.4) is 0 Å². The summed E-state index contributed by atoms with van der Waals surface area (Å²) in [6, 6.07) is 0. The molecular weight excluding hydrogens is 398 g/mol. The molecule has 3 N–H and O–H groups in total. The van der Waals surface area contributed by atoms with Crippen molar-refractivity contribution in [3.05, 3.63) is 18.1 Å². The molecule has 30 heavy (non-hydrogen) atoms. The summed E-state index contributed by atoms with van der Waals surface area (Å²) in [5.41, 5.74) is 9.11. The fourth-order valence-corrected chi connectivity index (χ4v) is 4.07. The van der Waals surface area contributed by atoms with E-state index in [1.807, 2.05) is 0 Å². The second kappa shape index (κ2) is 8.73. The van der Waals surface area contributed by atoms with Gasteiger partial charge in [0.25, 0.3) is 14.9 Å². The second-order valence-corrected chi connectivity index (χ2v) is 13.3. The second-order valence-electron chi connectivity index (χ2n) is 8.52. The van der Waals surface area contributed by atoms with Crippen molar-refractivity contribution >= 4 is 39.8 Å². The quantitative estimate of drug-likeness (QED) is 0.522. The van der Waals surface area contributed by atoms with Gasteiger partial charge in [-0.2, -0.15) is 0 Å². The van der Waals surface area contributed by atoms with Crippen LogP contribution < -0.4 is 5.73 Å². The number of fused-ring (bicyclic) bond motifs is 1. The average molecular weight is 430 g/mol. The van der Waals surface area contributed by atoms with Gasteiger partial charge in [-0.1, -0.05) is 39.2 Å². The van der Waals surface area contributed by atoms with Crippen LogP contribution in [-0.2, 0) is 14.0 Å². The number of nitrogens with two attached hydrogens (primary N) is 1. The van der Waals surface area contributed by atoms with E-state index >= 15 is 0 Å². The molecule has 0 aromatic carbocycles. The predicted octanol–water partition coefficient (Wildman–Crippen LogP) is 1.09. The molecule has 1 unspecified atom stereocenters. The summed E-state index contributed by atoms with van der Waals surface area (Å²) in [5, 5.41) is 12.1. The van der Waals surface area contributed by atoms with Crippen LogP contribution >= 0.6 is 0 Å². The molecule has 2 aromatic rings. The zero-order chi connectivity index (χ0) is 23.8. The van der Waals surface area contributed by atoms with E-state index in [-0.39, 0.29) is 6.61 Å². The van der Waals surface area contributed by atoms with Crippen molar-refractivity contribution in [3.63, 3.8) is 0 Å². The van der Waals surface area contributed by atoms with E-state index in [9.17, 15) is 5.11 Å². The summed E-state index contributed by atoms with van der Waals surface area (Å²) in [6.07, 6.45) is 0.672. The number of nitrogen functional groups attached to an aromatic ring is 1. The van der Waals surface area contributed by atoms with Crippen LogP contribution in [0.2, 0.25) is 33.3 Å². The summed E-state index contributed by atoms with van der Waals surface area (Å²) in [6.45, 7) is 11.2. The Morgan fingerprint density at radius 3 is 2.77 bits per heavy atom. The molecule has 3 rings (SSSR count). The molecule has 160 valence electrons. The maximum atomic E-state index is 11.5. The van der Waals surface area contributed by atoms with Crippen molar-refractivity contribution in [1.82, 2.24) is 14.5 Å². The first kappa shape index (κ1) is 20.1. The Balaban J connectivity index is 2.10. The minimum absolute atomic E-state index is 0.0350. The third-order valence-corrected chi connectivity index (χ3v) is 5.77. The number of aromatic nitrogens is 3. The number of rotatable bonds is 6. The van der Waals surface area contributed by atoms with Crippen molar-refractivity contribution in [3.8, 4) is 11.5 Å². The van der Waals surface area contributed by atoms with E-state index in [1.54, 1.807) is 31.3 Å². The maximum absolute atomic E-state index is 11.5. The number of aliphatic hydroxyl groups is 1. The Morgan fingerprint density at radius 1 is 1.40 bits per heavy atom. The fraction of sp³-hybridized carbons (Fsp3) is 0.579. The van der Waals surface area contributed by atoms with Crippen LogP contribution in [0.5, 0.6) is 0 Å². The molecule has 4 atom stereocenters. The van der Waals surface area contributed by atoms with Gasteiger partial charge in [0.05, 0.1) is 17.6 Å². The smallest absolute Gasteiger partial charge is 0.272 e.